The first-order valence-electron chi connectivity index (χ1n) is 9.99. The van der Waals surface area contributed by atoms with Crippen LogP contribution in [0, 0.1) is 11.8 Å². The van der Waals surface area contributed by atoms with Crippen LogP contribution in [0.1, 0.15) is 46.5 Å². The summed E-state index contributed by atoms with van der Waals surface area (Å²) >= 11 is 5.34. The molecule has 2 fully saturated rings. The first-order valence-corrected chi connectivity index (χ1v) is 10.4. The highest BCUT2D eigenvalue weighted by Crippen LogP contribution is 2.28. The van der Waals surface area contributed by atoms with E-state index in [-0.39, 0.29) is 0 Å². The Bertz CT molecular complexity index is 566. The van der Waals surface area contributed by atoms with E-state index in [0.717, 1.165) is 56.2 Å². The van der Waals surface area contributed by atoms with Crippen molar-refractivity contribution in [2.24, 2.45) is 11.8 Å². The van der Waals surface area contributed by atoms with Gasteiger partial charge in [-0.25, -0.2) is 0 Å². The van der Waals surface area contributed by atoms with E-state index >= 15 is 0 Å². The molecular formula is C19H32N6S. The molecule has 0 amide bonds. The highest BCUT2D eigenvalue weighted by molar-refractivity contribution is 7.80. The van der Waals surface area contributed by atoms with Crippen molar-refractivity contribution in [3.05, 3.63) is 6.07 Å². The maximum atomic E-state index is 5.34. The summed E-state index contributed by atoms with van der Waals surface area (Å²) < 4.78 is 0. The summed E-state index contributed by atoms with van der Waals surface area (Å²) in [5, 5.41) is 6.86. The molecule has 144 valence electrons. The lowest BCUT2D eigenvalue weighted by Crippen LogP contribution is -2.36. The molecule has 2 saturated heterocycles. The molecule has 0 atom stereocenters. The Labute approximate surface area is 162 Å². The summed E-state index contributed by atoms with van der Waals surface area (Å²) in [6.07, 6.45) is 4.89. The fourth-order valence-corrected chi connectivity index (χ4v) is 3.82. The van der Waals surface area contributed by atoms with E-state index in [1.54, 1.807) is 0 Å². The van der Waals surface area contributed by atoms with Crippen LogP contribution in [0.3, 0.4) is 0 Å². The second-order valence-electron chi connectivity index (χ2n) is 7.73. The number of hydrogen-bond donors (Lipinski definition) is 2. The Morgan fingerprint density at radius 3 is 1.88 bits per heavy atom. The minimum Gasteiger partial charge on any atom is -0.363 e. The van der Waals surface area contributed by atoms with Gasteiger partial charge in [0.05, 0.1) is 0 Å². The molecule has 0 unspecified atom stereocenters. The Hall–Kier alpha value is -1.63. The molecular weight excluding hydrogens is 344 g/mol. The summed E-state index contributed by atoms with van der Waals surface area (Å²) in [6, 6.07) is 2.16. The van der Waals surface area contributed by atoms with Gasteiger partial charge in [0.1, 0.15) is 11.6 Å². The number of aromatic nitrogens is 2. The van der Waals surface area contributed by atoms with Crippen LogP contribution in [0.5, 0.6) is 0 Å². The van der Waals surface area contributed by atoms with Crippen LogP contribution in [0.2, 0.25) is 0 Å². The second kappa shape index (κ2) is 8.84. The zero-order valence-electron chi connectivity index (χ0n) is 16.3. The lowest BCUT2D eigenvalue weighted by atomic mass is 9.99. The van der Waals surface area contributed by atoms with Crippen molar-refractivity contribution in [3.8, 4) is 0 Å². The van der Waals surface area contributed by atoms with E-state index in [9.17, 15) is 0 Å². The van der Waals surface area contributed by atoms with Crippen molar-refractivity contribution in [3.63, 3.8) is 0 Å². The minimum atomic E-state index is 0.579. The van der Waals surface area contributed by atoms with Gasteiger partial charge in [0.25, 0.3) is 0 Å². The summed E-state index contributed by atoms with van der Waals surface area (Å²) in [6.45, 7) is 11.7. The molecule has 1 aromatic heterocycles. The van der Waals surface area contributed by atoms with Gasteiger partial charge in [0.15, 0.2) is 5.11 Å². The van der Waals surface area contributed by atoms with E-state index in [0.29, 0.717) is 11.1 Å². The van der Waals surface area contributed by atoms with Crippen molar-refractivity contribution < 1.29 is 0 Å². The standard InChI is InChI=1S/C19H32N6S/c1-4-20-19(26)23-18-21-16(24-9-5-14(2)6-10-24)13-17(22-18)25-11-7-15(3)8-12-25/h13-15H,4-12H2,1-3H3,(H2,20,21,22,23,26). The van der Waals surface area contributed by atoms with Crippen molar-refractivity contribution in [1.29, 1.82) is 0 Å². The predicted octanol–water partition coefficient (Wildman–Crippen LogP) is 3.26. The Kier molecular flexibility index (Phi) is 6.51. The van der Waals surface area contributed by atoms with Crippen LogP contribution in [0.15, 0.2) is 6.07 Å². The molecule has 0 saturated carbocycles. The summed E-state index contributed by atoms with van der Waals surface area (Å²) in [5.74, 6) is 4.23. The van der Waals surface area contributed by atoms with Gasteiger partial charge in [0.2, 0.25) is 5.95 Å². The van der Waals surface area contributed by atoms with Crippen LogP contribution >= 0.6 is 12.2 Å². The van der Waals surface area contributed by atoms with Gasteiger partial charge in [-0.15, -0.1) is 0 Å². The second-order valence-corrected chi connectivity index (χ2v) is 8.14. The Balaban J connectivity index is 1.82. The van der Waals surface area contributed by atoms with Crippen LogP contribution in [0.25, 0.3) is 0 Å². The van der Waals surface area contributed by atoms with E-state index < -0.39 is 0 Å². The number of thiocarbonyl (C=S) groups is 1. The van der Waals surface area contributed by atoms with E-state index in [2.05, 4.69) is 40.3 Å². The van der Waals surface area contributed by atoms with Crippen LogP contribution in [-0.2, 0) is 0 Å². The fraction of sp³-hybridized carbons (Fsp3) is 0.737. The number of rotatable bonds is 4. The number of piperidine rings is 2. The average molecular weight is 377 g/mol. The third-order valence-electron chi connectivity index (χ3n) is 5.48. The van der Waals surface area contributed by atoms with E-state index in [4.69, 9.17) is 22.2 Å². The van der Waals surface area contributed by atoms with Gasteiger partial charge in [-0.2, -0.15) is 9.97 Å². The summed E-state index contributed by atoms with van der Waals surface area (Å²) in [7, 11) is 0. The lowest BCUT2D eigenvalue weighted by Gasteiger charge is -2.34. The van der Waals surface area contributed by atoms with Gasteiger partial charge in [-0.1, -0.05) is 13.8 Å². The Morgan fingerprint density at radius 1 is 1.00 bits per heavy atom. The number of nitrogens with zero attached hydrogens (tertiary/aromatic N) is 4. The molecule has 0 spiro atoms. The fourth-order valence-electron chi connectivity index (χ4n) is 3.58. The third kappa shape index (κ3) is 4.96. The zero-order valence-corrected chi connectivity index (χ0v) is 17.1. The number of nitrogens with one attached hydrogen (secondary N) is 2. The molecule has 2 aliphatic rings. The van der Waals surface area contributed by atoms with Gasteiger partial charge in [-0.05, 0) is 56.7 Å². The van der Waals surface area contributed by atoms with E-state index in [1.807, 2.05) is 6.92 Å². The van der Waals surface area contributed by atoms with Crippen molar-refractivity contribution in [2.45, 2.75) is 46.5 Å². The van der Waals surface area contributed by atoms with Crippen LogP contribution < -0.4 is 20.4 Å². The maximum absolute atomic E-state index is 5.34. The number of anilines is 3. The first kappa shape index (κ1) is 19.1. The molecule has 2 N–H and O–H groups in total. The molecule has 6 nitrogen and oxygen atoms in total. The molecule has 7 heteroatoms. The highest BCUT2D eigenvalue weighted by Gasteiger charge is 2.22. The maximum Gasteiger partial charge on any atom is 0.232 e. The Morgan fingerprint density at radius 2 is 1.46 bits per heavy atom. The molecule has 0 radical (unpaired) electrons. The minimum absolute atomic E-state index is 0.579. The van der Waals surface area contributed by atoms with Crippen molar-refractivity contribution in [1.82, 2.24) is 15.3 Å². The highest BCUT2D eigenvalue weighted by atomic mass is 32.1. The van der Waals surface area contributed by atoms with Crippen molar-refractivity contribution in [2.75, 3.05) is 47.8 Å². The molecule has 3 rings (SSSR count). The molecule has 1 aromatic rings. The smallest absolute Gasteiger partial charge is 0.232 e. The van der Waals surface area contributed by atoms with Crippen molar-refractivity contribution >= 4 is 34.9 Å². The summed E-state index contributed by atoms with van der Waals surface area (Å²) in [5.41, 5.74) is 0. The van der Waals surface area contributed by atoms with Crippen LogP contribution in [0.4, 0.5) is 17.6 Å². The molecule has 0 aliphatic carbocycles. The monoisotopic (exact) mass is 376 g/mol. The first-order chi connectivity index (χ1) is 12.5. The quantitative estimate of drug-likeness (QED) is 0.782. The largest absolute Gasteiger partial charge is 0.363 e. The van der Waals surface area contributed by atoms with Crippen LogP contribution in [-0.4, -0.2) is 47.8 Å². The SMILES string of the molecule is CCNC(=S)Nc1nc(N2CCC(C)CC2)cc(N2CCC(C)CC2)n1. The molecule has 0 aromatic carbocycles. The zero-order chi connectivity index (χ0) is 18.5. The summed E-state index contributed by atoms with van der Waals surface area (Å²) in [4.78, 5) is 14.3. The normalized spacial score (nSPS) is 19.5. The molecule has 2 aliphatic heterocycles. The van der Waals surface area contributed by atoms with Gasteiger partial charge in [0, 0.05) is 38.8 Å². The molecule has 0 bridgehead atoms. The molecule has 3 heterocycles. The third-order valence-corrected chi connectivity index (χ3v) is 5.72. The predicted molar refractivity (Wildman–Crippen MR) is 113 cm³/mol. The average Bonchev–Trinajstić information content (AvgIpc) is 2.63. The number of hydrogen-bond acceptors (Lipinski definition) is 5. The molecule has 26 heavy (non-hydrogen) atoms. The lowest BCUT2D eigenvalue weighted by molar-refractivity contribution is 0.433. The topological polar surface area (TPSA) is 56.3 Å². The van der Waals surface area contributed by atoms with Gasteiger partial charge in [-0.3, -0.25) is 0 Å². The van der Waals surface area contributed by atoms with Gasteiger partial charge >= 0.3 is 0 Å². The van der Waals surface area contributed by atoms with Gasteiger partial charge < -0.3 is 20.4 Å². The van der Waals surface area contributed by atoms with E-state index in [1.165, 1.54) is 25.7 Å².